The zero-order valence-corrected chi connectivity index (χ0v) is 10.3. The van der Waals surface area contributed by atoms with Crippen LogP contribution in [-0.4, -0.2) is 89.7 Å². The van der Waals surface area contributed by atoms with Crippen molar-refractivity contribution in [3.63, 3.8) is 0 Å². The van der Waals surface area contributed by atoms with Gasteiger partial charge in [0.05, 0.1) is 26.9 Å². The maximum atomic E-state index is 8.91. The largest absolute Gasteiger partial charge is 0.794 e. The lowest BCUT2D eigenvalue weighted by atomic mass is 10.4. The molecule has 9 heteroatoms. The second-order valence-electron chi connectivity index (χ2n) is 3.54. The van der Waals surface area contributed by atoms with Gasteiger partial charge in [-0.05, 0) is 0 Å². The van der Waals surface area contributed by atoms with Gasteiger partial charge < -0.3 is 39.0 Å². The fourth-order valence-electron chi connectivity index (χ4n) is 1.06. The monoisotopic (exact) mass is 259 g/mol. The Bertz CT molecular complexity index is 140. The van der Waals surface area contributed by atoms with Gasteiger partial charge in [0.15, 0.2) is 0 Å². The molecule has 0 radical (unpaired) electrons. The Labute approximate surface area is 95.3 Å². The van der Waals surface area contributed by atoms with Crippen LogP contribution < -0.4 is 4.80 Å². The average molecular weight is 259 g/mol. The maximum Gasteiger partial charge on any atom is 0.404 e. The fourth-order valence-corrected chi connectivity index (χ4v) is 1.06. The summed E-state index contributed by atoms with van der Waals surface area (Å²) in [5.74, 6) is 0. The van der Waals surface area contributed by atoms with E-state index in [2.05, 4.69) is 0 Å². The molecule has 0 atom stereocenters. The average Bonchev–Trinajstić information content (AvgIpc) is 2.01. The van der Waals surface area contributed by atoms with Gasteiger partial charge in [0.25, 0.3) is 0 Å². The highest BCUT2D eigenvalue weighted by Gasteiger charge is 2.18. The van der Waals surface area contributed by atoms with E-state index in [0.717, 1.165) is 0 Å². The minimum Gasteiger partial charge on any atom is -0.794 e. The standard InChI is InChI=1S/C7H18NO3.H3O4Si/c1-8(2-5-9,3-6-10)4-7-11;1-5(2,3)4/h9-11H,2-7H2,1H3;1-3H/q+1;-1. The first-order valence-corrected chi connectivity index (χ1v) is 6.47. The SMILES string of the molecule is C[N+](CCO)(CCO)CCO.[O-][Si](O)(O)O. The summed E-state index contributed by atoms with van der Waals surface area (Å²) in [5.41, 5.74) is 0. The topological polar surface area (TPSA) is 144 Å². The Hall–Kier alpha value is -0.103. The molecule has 0 aromatic carbocycles. The van der Waals surface area contributed by atoms with Gasteiger partial charge in [-0.1, -0.05) is 0 Å². The van der Waals surface area contributed by atoms with E-state index in [1.165, 1.54) is 0 Å². The number of quaternary nitrogens is 1. The molecule has 6 N–H and O–H groups in total. The van der Waals surface area contributed by atoms with Crippen molar-refractivity contribution in [1.82, 2.24) is 0 Å². The van der Waals surface area contributed by atoms with Gasteiger partial charge in [-0.25, -0.2) is 0 Å². The van der Waals surface area contributed by atoms with E-state index < -0.39 is 9.05 Å². The van der Waals surface area contributed by atoms with E-state index in [0.29, 0.717) is 24.1 Å². The van der Waals surface area contributed by atoms with Crippen LogP contribution in [0.1, 0.15) is 0 Å². The van der Waals surface area contributed by atoms with Gasteiger partial charge in [0.1, 0.15) is 19.6 Å². The van der Waals surface area contributed by atoms with Crippen molar-refractivity contribution < 1.29 is 39.0 Å². The molecule has 16 heavy (non-hydrogen) atoms. The predicted octanol–water partition coefficient (Wildman–Crippen LogP) is -4.83. The molecule has 0 aliphatic heterocycles. The van der Waals surface area contributed by atoms with Crippen molar-refractivity contribution in [1.29, 1.82) is 0 Å². The summed E-state index contributed by atoms with van der Waals surface area (Å²) in [4.78, 5) is 30.6. The molecule has 0 bridgehead atoms. The Morgan fingerprint density at radius 2 is 1.06 bits per heavy atom. The smallest absolute Gasteiger partial charge is 0.404 e. The summed E-state index contributed by atoms with van der Waals surface area (Å²) in [7, 11) is -2.96. The summed E-state index contributed by atoms with van der Waals surface area (Å²) in [6, 6.07) is 0. The van der Waals surface area contributed by atoms with Gasteiger partial charge >= 0.3 is 9.05 Å². The summed E-state index contributed by atoms with van der Waals surface area (Å²) in [6.07, 6.45) is 0. The van der Waals surface area contributed by atoms with Crippen LogP contribution in [0.2, 0.25) is 0 Å². The highest BCUT2D eigenvalue weighted by molar-refractivity contribution is 6.44. The molecule has 0 heterocycles. The lowest BCUT2D eigenvalue weighted by Crippen LogP contribution is -2.50. The highest BCUT2D eigenvalue weighted by atomic mass is 28.4. The Morgan fingerprint density at radius 1 is 0.875 bits per heavy atom. The minimum absolute atomic E-state index is 0.0938. The molecule has 0 saturated heterocycles. The third-order valence-corrected chi connectivity index (χ3v) is 1.92. The molecule has 0 aliphatic carbocycles. The fraction of sp³-hybridized carbons (Fsp3) is 1.00. The van der Waals surface area contributed by atoms with Crippen LogP contribution >= 0.6 is 0 Å². The lowest BCUT2D eigenvalue weighted by molar-refractivity contribution is -0.910. The van der Waals surface area contributed by atoms with Crippen molar-refractivity contribution in [3.05, 3.63) is 0 Å². The number of hydrogen-bond acceptors (Lipinski definition) is 7. The van der Waals surface area contributed by atoms with Crippen LogP contribution in [-0.2, 0) is 0 Å². The maximum absolute atomic E-state index is 8.91. The first kappa shape index (κ1) is 18.3. The summed E-state index contributed by atoms with van der Waals surface area (Å²) in [5, 5.41) is 26.0. The molecule has 0 saturated carbocycles. The zero-order valence-electron chi connectivity index (χ0n) is 9.28. The number of rotatable bonds is 6. The van der Waals surface area contributed by atoms with Crippen molar-refractivity contribution in [2.75, 3.05) is 46.5 Å². The summed E-state index contributed by atoms with van der Waals surface area (Å²) < 4.78 is 0.531. The van der Waals surface area contributed by atoms with Crippen molar-refractivity contribution in [2.45, 2.75) is 0 Å². The zero-order chi connectivity index (χ0) is 13.2. The minimum atomic E-state index is -4.86. The Morgan fingerprint density at radius 3 is 1.19 bits per heavy atom. The van der Waals surface area contributed by atoms with E-state index in [9.17, 15) is 0 Å². The van der Waals surface area contributed by atoms with Crippen molar-refractivity contribution >= 4 is 9.05 Å². The van der Waals surface area contributed by atoms with Gasteiger partial charge in [-0.2, -0.15) is 0 Å². The molecule has 0 spiro atoms. The molecular formula is C7H21NO7Si. The van der Waals surface area contributed by atoms with Crippen LogP contribution in [0.4, 0.5) is 0 Å². The van der Waals surface area contributed by atoms with Crippen LogP contribution in [0.25, 0.3) is 0 Å². The van der Waals surface area contributed by atoms with E-state index in [4.69, 9.17) is 34.5 Å². The molecule has 0 aromatic heterocycles. The molecule has 0 aromatic rings. The summed E-state index contributed by atoms with van der Waals surface area (Å²) in [6.45, 7) is 2.03. The molecule has 0 rings (SSSR count). The Kier molecular flexibility index (Phi) is 10.3. The quantitative estimate of drug-likeness (QED) is 0.207. The van der Waals surface area contributed by atoms with Crippen LogP contribution in [0.5, 0.6) is 0 Å². The molecular weight excluding hydrogens is 238 g/mol. The second kappa shape index (κ2) is 8.98. The highest BCUT2D eigenvalue weighted by Crippen LogP contribution is 1.99. The third-order valence-electron chi connectivity index (χ3n) is 1.92. The van der Waals surface area contributed by atoms with E-state index >= 15 is 0 Å². The van der Waals surface area contributed by atoms with Gasteiger partial charge in [-0.3, -0.25) is 0 Å². The van der Waals surface area contributed by atoms with Crippen molar-refractivity contribution in [3.8, 4) is 0 Å². The third kappa shape index (κ3) is 16.3. The van der Waals surface area contributed by atoms with E-state index in [1.807, 2.05) is 7.05 Å². The number of aliphatic hydroxyl groups excluding tert-OH is 3. The number of aliphatic hydroxyl groups is 3. The predicted molar refractivity (Wildman–Crippen MR) is 54.5 cm³/mol. The van der Waals surface area contributed by atoms with Crippen LogP contribution in [0.3, 0.4) is 0 Å². The molecule has 8 nitrogen and oxygen atoms in total. The van der Waals surface area contributed by atoms with Gasteiger partial charge in [-0.15, -0.1) is 0 Å². The van der Waals surface area contributed by atoms with Crippen molar-refractivity contribution in [2.24, 2.45) is 0 Å². The normalized spacial score (nSPS) is 12.0. The molecule has 0 fully saturated rings. The summed E-state index contributed by atoms with van der Waals surface area (Å²) >= 11 is 0. The second-order valence-corrected chi connectivity index (χ2v) is 4.68. The van der Waals surface area contributed by atoms with Crippen LogP contribution in [0, 0.1) is 0 Å². The van der Waals surface area contributed by atoms with E-state index in [-0.39, 0.29) is 19.8 Å². The van der Waals surface area contributed by atoms with Crippen LogP contribution in [0.15, 0.2) is 0 Å². The molecule has 0 amide bonds. The molecule has 0 aliphatic rings. The molecule has 100 valence electrons. The van der Waals surface area contributed by atoms with Gasteiger partial charge in [0, 0.05) is 0 Å². The molecule has 0 unspecified atom stereocenters. The van der Waals surface area contributed by atoms with E-state index in [1.54, 1.807) is 0 Å². The first-order valence-electron chi connectivity index (χ1n) is 4.72. The lowest BCUT2D eigenvalue weighted by Gasteiger charge is -2.32. The first-order chi connectivity index (χ1) is 7.18. The number of hydrogen-bond donors (Lipinski definition) is 6. The Balaban J connectivity index is 0. The number of nitrogens with zero attached hydrogens (tertiary/aromatic N) is 1. The number of likely N-dealkylation sites (N-methyl/N-ethyl adjacent to an activating group) is 1. The van der Waals surface area contributed by atoms with Gasteiger partial charge in [0.2, 0.25) is 0 Å².